The van der Waals surface area contributed by atoms with Crippen LogP contribution in [0.15, 0.2) is 23.0 Å². The molecule has 0 bridgehead atoms. The zero-order chi connectivity index (χ0) is 14.8. The van der Waals surface area contributed by atoms with Crippen molar-refractivity contribution in [3.05, 3.63) is 40.1 Å². The predicted octanol–water partition coefficient (Wildman–Crippen LogP) is 2.10. The molecule has 1 aliphatic heterocycles. The lowest BCUT2D eigenvalue weighted by Crippen LogP contribution is -2.37. The van der Waals surface area contributed by atoms with Crippen LogP contribution in [0.25, 0.3) is 0 Å². The van der Waals surface area contributed by atoms with E-state index in [1.165, 1.54) is 6.07 Å². The SMILES string of the molecule is Cc1cc(=O)[nH]c([C@@H]2CCCN2C(=O)[C@@H]2CC=CCC2)n1. The summed E-state index contributed by atoms with van der Waals surface area (Å²) in [6, 6.07) is 1.41. The van der Waals surface area contributed by atoms with Gasteiger partial charge >= 0.3 is 0 Å². The standard InChI is InChI=1S/C16H21N3O2/c1-11-10-14(20)18-15(17-11)13-8-5-9-19(13)16(21)12-6-3-2-4-7-12/h2-3,10,12-13H,4-9H2,1H3,(H,17,18,20)/t12-,13+/m1/s1. The minimum absolute atomic E-state index is 0.0731. The Labute approximate surface area is 124 Å². The fourth-order valence-electron chi connectivity index (χ4n) is 3.33. The van der Waals surface area contributed by atoms with Crippen LogP contribution in [0.3, 0.4) is 0 Å². The van der Waals surface area contributed by atoms with Gasteiger partial charge in [0.1, 0.15) is 5.82 Å². The Morgan fingerprint density at radius 1 is 1.38 bits per heavy atom. The molecular formula is C16H21N3O2. The fourth-order valence-corrected chi connectivity index (χ4v) is 3.33. The Bertz CT molecular complexity index is 620. The van der Waals surface area contributed by atoms with Gasteiger partial charge in [-0.1, -0.05) is 12.2 Å². The van der Waals surface area contributed by atoms with Crippen molar-refractivity contribution in [3.8, 4) is 0 Å². The highest BCUT2D eigenvalue weighted by Gasteiger charge is 2.35. The molecule has 0 spiro atoms. The van der Waals surface area contributed by atoms with Gasteiger partial charge in [-0.05, 0) is 39.0 Å². The van der Waals surface area contributed by atoms with Gasteiger partial charge in [0.25, 0.3) is 5.56 Å². The first-order valence-corrected chi connectivity index (χ1v) is 7.68. The first kappa shape index (κ1) is 14.0. The second-order valence-corrected chi connectivity index (χ2v) is 5.94. The third kappa shape index (κ3) is 2.91. The van der Waals surface area contributed by atoms with Gasteiger partial charge in [0, 0.05) is 24.2 Å². The van der Waals surface area contributed by atoms with Crippen LogP contribution < -0.4 is 5.56 Å². The molecule has 0 radical (unpaired) electrons. The molecule has 5 nitrogen and oxygen atoms in total. The molecule has 21 heavy (non-hydrogen) atoms. The van der Waals surface area contributed by atoms with Crippen molar-refractivity contribution in [2.45, 2.75) is 45.1 Å². The van der Waals surface area contributed by atoms with E-state index in [1.807, 2.05) is 11.8 Å². The summed E-state index contributed by atoms with van der Waals surface area (Å²) in [6.07, 6.45) is 8.83. The maximum atomic E-state index is 12.7. The largest absolute Gasteiger partial charge is 0.332 e. The van der Waals surface area contributed by atoms with E-state index in [9.17, 15) is 9.59 Å². The number of carbonyl (C=O) groups excluding carboxylic acids is 1. The van der Waals surface area contributed by atoms with Crippen LogP contribution in [0.2, 0.25) is 0 Å². The van der Waals surface area contributed by atoms with Crippen LogP contribution in [0.1, 0.15) is 49.7 Å². The number of allylic oxidation sites excluding steroid dienone is 2. The maximum Gasteiger partial charge on any atom is 0.251 e. The average molecular weight is 287 g/mol. The summed E-state index contributed by atoms with van der Waals surface area (Å²) in [6.45, 7) is 2.58. The van der Waals surface area contributed by atoms with Crippen molar-refractivity contribution in [2.75, 3.05) is 6.54 Å². The summed E-state index contributed by atoms with van der Waals surface area (Å²) in [5.74, 6) is 0.940. The molecule has 0 aromatic carbocycles. The fraction of sp³-hybridized carbons (Fsp3) is 0.562. The summed E-state index contributed by atoms with van der Waals surface area (Å²) in [5, 5.41) is 0. The molecule has 2 heterocycles. The van der Waals surface area contributed by atoms with Crippen molar-refractivity contribution in [2.24, 2.45) is 5.92 Å². The number of nitrogens with zero attached hydrogens (tertiary/aromatic N) is 2. The summed E-state index contributed by atoms with van der Waals surface area (Å²) in [4.78, 5) is 33.5. The van der Waals surface area contributed by atoms with Crippen molar-refractivity contribution < 1.29 is 4.79 Å². The van der Waals surface area contributed by atoms with E-state index in [0.717, 1.165) is 38.6 Å². The molecule has 0 saturated carbocycles. The maximum absolute atomic E-state index is 12.7. The quantitative estimate of drug-likeness (QED) is 0.847. The minimum atomic E-state index is -0.141. The summed E-state index contributed by atoms with van der Waals surface area (Å²) in [5.41, 5.74) is 0.561. The van der Waals surface area contributed by atoms with Crippen LogP contribution >= 0.6 is 0 Å². The van der Waals surface area contributed by atoms with Crippen LogP contribution in [0.5, 0.6) is 0 Å². The van der Waals surface area contributed by atoms with Gasteiger partial charge in [-0.2, -0.15) is 0 Å². The monoisotopic (exact) mass is 287 g/mol. The highest BCUT2D eigenvalue weighted by molar-refractivity contribution is 5.79. The molecule has 2 atom stereocenters. The van der Waals surface area contributed by atoms with E-state index in [-0.39, 0.29) is 23.4 Å². The van der Waals surface area contributed by atoms with Crippen LogP contribution in [0.4, 0.5) is 0 Å². The second-order valence-electron chi connectivity index (χ2n) is 5.94. The third-order valence-electron chi connectivity index (χ3n) is 4.36. The number of hydrogen-bond acceptors (Lipinski definition) is 3. The topological polar surface area (TPSA) is 66.1 Å². The summed E-state index contributed by atoms with van der Waals surface area (Å²) >= 11 is 0. The first-order valence-electron chi connectivity index (χ1n) is 7.68. The number of carbonyl (C=O) groups is 1. The lowest BCUT2D eigenvalue weighted by atomic mass is 9.93. The van der Waals surface area contributed by atoms with Crippen molar-refractivity contribution >= 4 is 5.91 Å². The number of nitrogens with one attached hydrogen (secondary N) is 1. The van der Waals surface area contributed by atoms with Gasteiger partial charge in [-0.15, -0.1) is 0 Å². The number of aryl methyl sites for hydroxylation is 1. The van der Waals surface area contributed by atoms with Crippen LogP contribution in [0, 0.1) is 12.8 Å². The Kier molecular flexibility index (Phi) is 3.90. The van der Waals surface area contributed by atoms with Gasteiger partial charge in [-0.3, -0.25) is 9.59 Å². The van der Waals surface area contributed by atoms with E-state index in [2.05, 4.69) is 22.1 Å². The Morgan fingerprint density at radius 3 is 2.95 bits per heavy atom. The molecule has 2 aliphatic rings. The normalized spacial score (nSPS) is 25.3. The predicted molar refractivity (Wildman–Crippen MR) is 79.8 cm³/mol. The summed E-state index contributed by atoms with van der Waals surface area (Å²) < 4.78 is 0. The number of likely N-dealkylation sites (tertiary alicyclic amines) is 1. The van der Waals surface area contributed by atoms with Gasteiger partial charge in [0.2, 0.25) is 5.91 Å². The van der Waals surface area contributed by atoms with E-state index in [1.54, 1.807) is 0 Å². The number of H-pyrrole nitrogens is 1. The Hall–Kier alpha value is -1.91. The average Bonchev–Trinajstić information content (AvgIpc) is 2.96. The zero-order valence-corrected chi connectivity index (χ0v) is 12.3. The van der Waals surface area contributed by atoms with Gasteiger partial charge in [0.05, 0.1) is 6.04 Å². The molecule has 5 heteroatoms. The molecular weight excluding hydrogens is 266 g/mol. The smallest absolute Gasteiger partial charge is 0.251 e. The van der Waals surface area contributed by atoms with Crippen molar-refractivity contribution in [1.82, 2.24) is 14.9 Å². The third-order valence-corrected chi connectivity index (χ3v) is 4.36. The molecule has 1 saturated heterocycles. The van der Waals surface area contributed by atoms with Gasteiger partial charge in [-0.25, -0.2) is 4.98 Å². The lowest BCUT2D eigenvalue weighted by molar-refractivity contribution is -0.136. The number of rotatable bonds is 2. The second kappa shape index (κ2) is 5.84. The highest BCUT2D eigenvalue weighted by Crippen LogP contribution is 2.33. The van der Waals surface area contributed by atoms with Crippen molar-refractivity contribution in [1.29, 1.82) is 0 Å². The number of aromatic nitrogens is 2. The van der Waals surface area contributed by atoms with Gasteiger partial charge in [0.15, 0.2) is 0 Å². The van der Waals surface area contributed by atoms with E-state index >= 15 is 0 Å². The highest BCUT2D eigenvalue weighted by atomic mass is 16.2. The Morgan fingerprint density at radius 2 is 2.24 bits per heavy atom. The molecule has 1 aromatic rings. The van der Waals surface area contributed by atoms with Gasteiger partial charge < -0.3 is 9.88 Å². The minimum Gasteiger partial charge on any atom is -0.332 e. The van der Waals surface area contributed by atoms with Crippen molar-refractivity contribution in [3.63, 3.8) is 0 Å². The molecule has 112 valence electrons. The lowest BCUT2D eigenvalue weighted by Gasteiger charge is -2.29. The molecule has 1 fully saturated rings. The molecule has 1 amide bonds. The van der Waals surface area contributed by atoms with E-state index < -0.39 is 0 Å². The zero-order valence-electron chi connectivity index (χ0n) is 12.3. The van der Waals surface area contributed by atoms with Crippen LogP contribution in [-0.2, 0) is 4.79 Å². The summed E-state index contributed by atoms with van der Waals surface area (Å²) in [7, 11) is 0. The molecule has 3 rings (SSSR count). The van der Waals surface area contributed by atoms with E-state index in [4.69, 9.17) is 0 Å². The number of aromatic amines is 1. The molecule has 0 unspecified atom stereocenters. The Balaban J connectivity index is 1.83. The molecule has 1 N–H and O–H groups in total. The number of hydrogen-bond donors (Lipinski definition) is 1. The van der Waals surface area contributed by atoms with E-state index in [0.29, 0.717) is 11.5 Å². The first-order chi connectivity index (χ1) is 10.1. The molecule has 1 aliphatic carbocycles. The number of amides is 1. The van der Waals surface area contributed by atoms with Crippen LogP contribution in [-0.4, -0.2) is 27.3 Å². The molecule has 1 aromatic heterocycles.